The van der Waals surface area contributed by atoms with Crippen molar-refractivity contribution in [2.75, 3.05) is 110 Å². The van der Waals surface area contributed by atoms with Gasteiger partial charge in [0, 0.05) is 107 Å². The van der Waals surface area contributed by atoms with E-state index in [0.29, 0.717) is 122 Å². The number of hydrogen-bond acceptors (Lipinski definition) is 18. The van der Waals surface area contributed by atoms with E-state index in [1.54, 1.807) is 50.5 Å². The zero-order chi connectivity index (χ0) is 53.8. The van der Waals surface area contributed by atoms with Crippen molar-refractivity contribution in [1.82, 2.24) is 50.1 Å². The maximum Gasteiger partial charge on any atom is 0.206 e. The third-order valence-corrected chi connectivity index (χ3v) is 16.8. The highest BCUT2D eigenvalue weighted by atomic mass is 19.1. The standard InChI is InChI=1S/C58H64F2N16O2/c1-56(59)16-25-71(35-56)23-4-8-49-63-21-14-51(65-49)73-27-18-58(19-28-73)20-29-74(37-58)46-32-45(68-69-54(46)61)43-7-3-6-41(53(43)78)38-10-13-42(48(77)30-38)44-31-47(55(62)70-67-44)75-33-39-11-12-40(34-75)76(39)52-15-22-64-50(66-52)9-5-24-72-26-17-57(2,60)36-72/h3,6-7,10,13-15,21-22,30-32,39-40,77-78H,11-12,16-20,23-29,33-37H2,1-2H3,(H2,61,69)(H2,62,70)/t39-,40+,56-,57-/m1/s1. The summed E-state index contributed by atoms with van der Waals surface area (Å²) in [6.07, 6.45) is 9.46. The lowest BCUT2D eigenvalue weighted by atomic mass is 9.78. The molecule has 2 bridgehead atoms. The van der Waals surface area contributed by atoms with E-state index in [2.05, 4.69) is 73.6 Å². The summed E-state index contributed by atoms with van der Waals surface area (Å²) >= 11 is 0. The zero-order valence-electron chi connectivity index (χ0n) is 44.1. The number of aromatic nitrogens is 8. The smallest absolute Gasteiger partial charge is 0.206 e. The van der Waals surface area contributed by atoms with Gasteiger partial charge in [-0.1, -0.05) is 30.0 Å². The van der Waals surface area contributed by atoms with Gasteiger partial charge in [-0.15, -0.1) is 20.4 Å². The average molecular weight is 1060 g/mol. The van der Waals surface area contributed by atoms with Crippen molar-refractivity contribution in [2.24, 2.45) is 5.41 Å². The molecule has 0 amide bonds. The highest BCUT2D eigenvalue weighted by molar-refractivity contribution is 5.85. The van der Waals surface area contributed by atoms with E-state index in [-0.39, 0.29) is 29.0 Å². The molecule has 0 aliphatic carbocycles. The number of piperidine rings is 1. The van der Waals surface area contributed by atoms with Gasteiger partial charge in [-0.05, 0) is 124 Å². The van der Waals surface area contributed by atoms with Crippen LogP contribution in [0.3, 0.4) is 0 Å². The van der Waals surface area contributed by atoms with Crippen molar-refractivity contribution < 1.29 is 19.0 Å². The molecule has 2 aromatic carbocycles. The van der Waals surface area contributed by atoms with Gasteiger partial charge in [0.05, 0.1) is 35.9 Å². The van der Waals surface area contributed by atoms with Gasteiger partial charge >= 0.3 is 0 Å². The minimum atomic E-state index is -1.17. The number of alkyl halides is 2. The van der Waals surface area contributed by atoms with E-state index in [0.717, 1.165) is 81.3 Å². The Morgan fingerprint density at radius 1 is 0.603 bits per heavy atom. The Morgan fingerprint density at radius 2 is 1.15 bits per heavy atom. The number of halogens is 2. The fourth-order valence-corrected chi connectivity index (χ4v) is 12.6. The van der Waals surface area contributed by atoms with Crippen LogP contribution >= 0.6 is 0 Å². The molecule has 1 spiro atoms. The number of nitrogens with zero attached hydrogens (tertiary/aromatic N) is 14. The summed E-state index contributed by atoms with van der Waals surface area (Å²) in [5.41, 5.74) is 15.3. The van der Waals surface area contributed by atoms with Crippen LogP contribution in [0.25, 0.3) is 33.6 Å². The van der Waals surface area contributed by atoms with Crippen LogP contribution in [0.5, 0.6) is 11.5 Å². The summed E-state index contributed by atoms with van der Waals surface area (Å²) < 4.78 is 28.6. The minimum Gasteiger partial charge on any atom is -0.507 e. The number of piperazine rings is 1. The number of nitrogens with two attached hydrogens (primary N) is 2. The van der Waals surface area contributed by atoms with Gasteiger partial charge in [0.25, 0.3) is 0 Å². The molecule has 10 heterocycles. The van der Waals surface area contributed by atoms with Gasteiger partial charge in [0.1, 0.15) is 34.5 Å². The topological polar surface area (TPSA) is 215 Å². The van der Waals surface area contributed by atoms with Gasteiger partial charge in [0.2, 0.25) is 11.6 Å². The fourth-order valence-electron chi connectivity index (χ4n) is 12.6. The molecule has 402 valence electrons. The van der Waals surface area contributed by atoms with Crippen molar-refractivity contribution in [2.45, 2.75) is 82.2 Å². The SMILES string of the molecule is C[C@@]1(F)CCN(CC#Cc2nccc(N3CCC4(CC3)CCN(c3cc(-c5cccc(-c6ccc(-c7cc(N8C[C@H]9CC[C@@H](C8)N9c8ccnc(C#CCN9CC[C@@](C)(F)C9)n8)c(N)nn7)c(O)c6)c5O)nnc3N)C4)n2)C1. The lowest BCUT2D eigenvalue weighted by molar-refractivity contribution is 0.194. The molecule has 6 N–H and O–H groups in total. The number of rotatable bonds is 9. The molecule has 0 radical (unpaired) electrons. The molecular weight excluding hydrogens is 991 g/mol. The van der Waals surface area contributed by atoms with Crippen LogP contribution in [0.1, 0.15) is 70.4 Å². The molecule has 12 rings (SSSR count). The van der Waals surface area contributed by atoms with Crippen molar-refractivity contribution >= 4 is 34.6 Å². The minimum absolute atomic E-state index is 0.00587. The average Bonchev–Trinajstić information content (AvgIpc) is 4.25. The third kappa shape index (κ3) is 10.5. The number of hydrogen-bond donors (Lipinski definition) is 4. The van der Waals surface area contributed by atoms with E-state index in [1.165, 1.54) is 0 Å². The Morgan fingerprint density at radius 3 is 1.74 bits per heavy atom. The van der Waals surface area contributed by atoms with Crippen LogP contribution in [-0.2, 0) is 0 Å². The number of benzene rings is 2. The normalized spacial score (nSPS) is 23.9. The monoisotopic (exact) mass is 1050 g/mol. The predicted molar refractivity (Wildman–Crippen MR) is 297 cm³/mol. The zero-order valence-corrected chi connectivity index (χ0v) is 44.1. The Bertz CT molecular complexity index is 3370. The maximum atomic E-state index is 14.3. The van der Waals surface area contributed by atoms with Gasteiger partial charge < -0.3 is 41.3 Å². The molecule has 20 heteroatoms. The quantitative estimate of drug-likeness (QED) is 0.116. The van der Waals surface area contributed by atoms with E-state index in [4.69, 9.17) is 21.4 Å². The molecule has 6 saturated heterocycles. The molecule has 18 nitrogen and oxygen atoms in total. The first kappa shape index (κ1) is 50.9. The molecule has 0 unspecified atom stereocenters. The van der Waals surface area contributed by atoms with Crippen LogP contribution < -0.4 is 31.1 Å². The van der Waals surface area contributed by atoms with Gasteiger partial charge in [-0.25, -0.2) is 28.7 Å². The van der Waals surface area contributed by atoms with Crippen molar-refractivity contribution in [3.05, 3.63) is 84.7 Å². The largest absolute Gasteiger partial charge is 0.507 e. The summed E-state index contributed by atoms with van der Waals surface area (Å²) in [5.74, 6) is 15.7. The highest BCUT2D eigenvalue weighted by Crippen LogP contribution is 2.46. The van der Waals surface area contributed by atoms with Crippen molar-refractivity contribution in [3.8, 4) is 68.8 Å². The molecule has 6 aliphatic rings. The van der Waals surface area contributed by atoms with E-state index in [1.807, 2.05) is 46.2 Å². The molecule has 0 saturated carbocycles. The number of nitrogen functional groups attached to an aromatic ring is 2. The molecule has 6 aromatic rings. The Kier molecular flexibility index (Phi) is 13.3. The van der Waals surface area contributed by atoms with Crippen LogP contribution in [0.15, 0.2) is 73.1 Å². The number of anilines is 6. The molecule has 6 fully saturated rings. The highest BCUT2D eigenvalue weighted by Gasteiger charge is 2.43. The lowest BCUT2D eigenvalue weighted by Gasteiger charge is -2.42. The van der Waals surface area contributed by atoms with Crippen LogP contribution in [0.4, 0.5) is 43.4 Å². The summed E-state index contributed by atoms with van der Waals surface area (Å²) in [5, 5.41) is 41.1. The second-order valence-corrected chi connectivity index (χ2v) is 22.6. The maximum absolute atomic E-state index is 14.3. The fraction of sp³-hybridized carbons (Fsp3) is 0.448. The molecule has 78 heavy (non-hydrogen) atoms. The van der Waals surface area contributed by atoms with Crippen LogP contribution in [0.2, 0.25) is 0 Å². The summed E-state index contributed by atoms with van der Waals surface area (Å²) in [7, 11) is 0. The first-order chi connectivity index (χ1) is 37.6. The Labute approximate surface area is 452 Å². The number of likely N-dealkylation sites (tertiary alicyclic amines) is 2. The van der Waals surface area contributed by atoms with E-state index >= 15 is 0 Å². The molecule has 4 aromatic heterocycles. The summed E-state index contributed by atoms with van der Waals surface area (Å²) in [4.78, 5) is 31.6. The second-order valence-electron chi connectivity index (χ2n) is 22.6. The lowest BCUT2D eigenvalue weighted by Crippen LogP contribution is -2.54. The van der Waals surface area contributed by atoms with Crippen LogP contribution in [0, 0.1) is 29.1 Å². The van der Waals surface area contributed by atoms with E-state index in [9.17, 15) is 19.0 Å². The second kappa shape index (κ2) is 20.5. The number of phenolic OH excluding ortho intramolecular Hbond substituents is 2. The number of aromatic hydroxyl groups is 2. The molecular formula is C58H64F2N16O2. The van der Waals surface area contributed by atoms with Gasteiger partial charge in [-0.2, -0.15) is 0 Å². The molecule has 6 aliphatic heterocycles. The van der Waals surface area contributed by atoms with E-state index < -0.39 is 11.3 Å². The van der Waals surface area contributed by atoms with Crippen molar-refractivity contribution in [1.29, 1.82) is 0 Å². The van der Waals surface area contributed by atoms with Gasteiger partial charge in [-0.3, -0.25) is 9.80 Å². The number of para-hydroxylation sites is 1. The van der Waals surface area contributed by atoms with Gasteiger partial charge in [0.15, 0.2) is 11.6 Å². The summed E-state index contributed by atoms with van der Waals surface area (Å²) in [6, 6.07) is 18.7. The predicted octanol–water partition coefficient (Wildman–Crippen LogP) is 6.35. The van der Waals surface area contributed by atoms with Crippen molar-refractivity contribution in [3.63, 3.8) is 0 Å². The first-order valence-electron chi connectivity index (χ1n) is 27.1. The number of phenols is 2. The number of fused-ring (bicyclic) bond motifs is 2. The summed E-state index contributed by atoms with van der Waals surface area (Å²) in [6.45, 7) is 11.1. The van der Waals surface area contributed by atoms with Crippen LogP contribution in [-0.4, -0.2) is 162 Å². The Balaban J connectivity index is 0.694. The third-order valence-electron chi connectivity index (χ3n) is 16.8. The molecule has 4 atom stereocenters. The Hall–Kier alpha value is -7.94. The first-order valence-corrected chi connectivity index (χ1v) is 27.1.